The predicted octanol–water partition coefficient (Wildman–Crippen LogP) is 3.84. The fourth-order valence-corrected chi connectivity index (χ4v) is 3.96. The maximum Gasteiger partial charge on any atom is 0.263 e. The zero-order chi connectivity index (χ0) is 21.2. The number of ketones is 1. The van der Waals surface area contributed by atoms with Crippen LogP contribution in [0.5, 0.6) is 0 Å². The molecule has 7 nitrogen and oxygen atoms in total. The molecule has 0 unspecified atom stereocenters. The van der Waals surface area contributed by atoms with Gasteiger partial charge in [0.05, 0.1) is 0 Å². The van der Waals surface area contributed by atoms with Gasteiger partial charge < -0.3 is 19.9 Å². The number of H-pyrrole nitrogens is 1. The first-order valence-corrected chi connectivity index (χ1v) is 10.4. The minimum Gasteiger partial charge on any atom is -0.436 e. The summed E-state index contributed by atoms with van der Waals surface area (Å²) in [5.74, 6) is -0.404. The Bertz CT molecular complexity index is 1200. The summed E-state index contributed by atoms with van der Waals surface area (Å²) in [4.78, 5) is 35.6. The summed E-state index contributed by atoms with van der Waals surface area (Å²) in [6.07, 6.45) is 8.12. The lowest BCUT2D eigenvalue weighted by molar-refractivity contribution is -0.129. The van der Waals surface area contributed by atoms with E-state index < -0.39 is 5.78 Å². The summed E-state index contributed by atoms with van der Waals surface area (Å²) in [5, 5.41) is 3.99. The number of para-hydroxylation sites is 1. The fraction of sp³-hybridized carbons (Fsp3) is 0.208. The average molecular weight is 414 g/mol. The zero-order valence-corrected chi connectivity index (χ0v) is 16.9. The lowest BCUT2D eigenvalue weighted by atomic mass is 10.1. The monoisotopic (exact) mass is 414 g/mol. The molecular weight excluding hydrogens is 392 g/mol. The third kappa shape index (κ3) is 3.70. The van der Waals surface area contributed by atoms with E-state index in [0.29, 0.717) is 13.1 Å². The predicted molar refractivity (Wildman–Crippen MR) is 118 cm³/mol. The third-order valence-corrected chi connectivity index (χ3v) is 5.55. The van der Waals surface area contributed by atoms with Gasteiger partial charge in [0, 0.05) is 42.1 Å². The van der Waals surface area contributed by atoms with Crippen LogP contribution in [0.25, 0.3) is 17.1 Å². The molecule has 0 aliphatic carbocycles. The van der Waals surface area contributed by atoms with Crippen LogP contribution in [0.2, 0.25) is 0 Å². The minimum absolute atomic E-state index is 0.0509. The zero-order valence-electron chi connectivity index (χ0n) is 16.9. The van der Waals surface area contributed by atoms with E-state index in [9.17, 15) is 9.59 Å². The number of hydrogen-bond acceptors (Lipinski definition) is 5. The molecule has 0 saturated carbocycles. The molecule has 2 N–H and O–H groups in total. The SMILES string of the molecule is O=C1C(C(=O)N2CCCCC2)=C(Nc2ccccc2)O/C1=C/c1c[nH]c2ncccc12. The largest absolute Gasteiger partial charge is 0.436 e. The van der Waals surface area contributed by atoms with Gasteiger partial charge in [0.25, 0.3) is 5.91 Å². The molecule has 1 fully saturated rings. The van der Waals surface area contributed by atoms with E-state index in [-0.39, 0.29) is 23.1 Å². The quantitative estimate of drug-likeness (QED) is 0.500. The first-order valence-electron chi connectivity index (χ1n) is 10.4. The number of pyridine rings is 1. The summed E-state index contributed by atoms with van der Waals surface area (Å²) in [7, 11) is 0. The molecule has 3 aromatic rings. The molecule has 2 aliphatic heterocycles. The fourth-order valence-electron chi connectivity index (χ4n) is 3.96. The maximum atomic E-state index is 13.3. The van der Waals surface area contributed by atoms with Crippen LogP contribution < -0.4 is 5.32 Å². The number of aromatic amines is 1. The number of Topliss-reactive ketones (excluding diaryl/α,β-unsaturated/α-hetero) is 1. The van der Waals surface area contributed by atoms with Crippen molar-refractivity contribution in [3.8, 4) is 0 Å². The second-order valence-corrected chi connectivity index (χ2v) is 7.63. The van der Waals surface area contributed by atoms with E-state index in [4.69, 9.17) is 4.74 Å². The van der Waals surface area contributed by atoms with Crippen LogP contribution in [-0.2, 0) is 14.3 Å². The number of benzene rings is 1. The number of nitrogens with zero attached hydrogens (tertiary/aromatic N) is 2. The van der Waals surface area contributed by atoms with Crippen LogP contribution in [0.1, 0.15) is 24.8 Å². The van der Waals surface area contributed by atoms with Crippen molar-refractivity contribution in [1.82, 2.24) is 14.9 Å². The molecule has 0 radical (unpaired) electrons. The first-order chi connectivity index (χ1) is 15.2. The number of rotatable bonds is 4. The molecule has 0 spiro atoms. The van der Waals surface area contributed by atoms with E-state index in [1.807, 2.05) is 42.5 Å². The van der Waals surface area contributed by atoms with Gasteiger partial charge in [-0.15, -0.1) is 0 Å². The van der Waals surface area contributed by atoms with Crippen molar-refractivity contribution in [2.75, 3.05) is 18.4 Å². The Morgan fingerprint density at radius 2 is 1.90 bits per heavy atom. The number of anilines is 1. The highest BCUT2D eigenvalue weighted by Gasteiger charge is 2.38. The van der Waals surface area contributed by atoms with Gasteiger partial charge in [-0.2, -0.15) is 0 Å². The number of allylic oxidation sites excluding steroid dienone is 1. The van der Waals surface area contributed by atoms with Crippen molar-refractivity contribution >= 4 is 34.5 Å². The minimum atomic E-state index is -0.410. The van der Waals surface area contributed by atoms with Gasteiger partial charge >= 0.3 is 0 Å². The highest BCUT2D eigenvalue weighted by Crippen LogP contribution is 2.31. The molecule has 156 valence electrons. The molecule has 1 aromatic carbocycles. The molecule has 0 bridgehead atoms. The standard InChI is InChI=1S/C24H22N4O3/c29-21-19(14-16-15-26-22-18(16)10-7-11-25-22)31-23(27-17-8-3-1-4-9-17)20(21)24(30)28-12-5-2-6-13-28/h1,3-4,7-11,14-15,27H,2,5-6,12-13H2,(H,25,26)/b19-14+. The number of carbonyl (C=O) groups is 2. The number of carbonyl (C=O) groups excluding carboxylic acids is 2. The van der Waals surface area contributed by atoms with E-state index in [0.717, 1.165) is 41.5 Å². The van der Waals surface area contributed by atoms with Gasteiger partial charge in [-0.25, -0.2) is 4.98 Å². The van der Waals surface area contributed by atoms with Gasteiger partial charge in [-0.3, -0.25) is 9.59 Å². The summed E-state index contributed by atoms with van der Waals surface area (Å²) in [6.45, 7) is 1.31. The van der Waals surface area contributed by atoms with Crippen LogP contribution in [-0.4, -0.2) is 39.6 Å². The topological polar surface area (TPSA) is 87.3 Å². The highest BCUT2D eigenvalue weighted by atomic mass is 16.5. The molecule has 4 heterocycles. The summed E-state index contributed by atoms with van der Waals surface area (Å²) in [6, 6.07) is 13.1. The molecule has 5 rings (SSSR count). The van der Waals surface area contributed by atoms with Gasteiger partial charge in [-0.05, 0) is 49.6 Å². The number of amides is 1. The summed E-state index contributed by atoms with van der Waals surface area (Å²) >= 11 is 0. The van der Waals surface area contributed by atoms with Gasteiger partial charge in [-0.1, -0.05) is 18.2 Å². The Hall–Kier alpha value is -3.87. The van der Waals surface area contributed by atoms with Crippen LogP contribution in [0, 0.1) is 0 Å². The lowest BCUT2D eigenvalue weighted by Gasteiger charge is -2.26. The van der Waals surface area contributed by atoms with Crippen molar-refractivity contribution in [1.29, 1.82) is 0 Å². The van der Waals surface area contributed by atoms with Crippen LogP contribution >= 0.6 is 0 Å². The maximum absolute atomic E-state index is 13.3. The number of nitrogens with one attached hydrogen (secondary N) is 2. The second-order valence-electron chi connectivity index (χ2n) is 7.63. The number of hydrogen-bond donors (Lipinski definition) is 2. The molecule has 1 amide bonds. The number of piperidine rings is 1. The van der Waals surface area contributed by atoms with Crippen molar-refractivity contribution in [3.05, 3.63) is 77.6 Å². The molecule has 31 heavy (non-hydrogen) atoms. The van der Waals surface area contributed by atoms with E-state index in [2.05, 4.69) is 15.3 Å². The number of aromatic nitrogens is 2. The molecule has 0 atom stereocenters. The van der Waals surface area contributed by atoms with E-state index in [1.165, 1.54) is 0 Å². The first kappa shape index (κ1) is 19.1. The van der Waals surface area contributed by atoms with Gasteiger partial charge in [0.15, 0.2) is 11.3 Å². The van der Waals surface area contributed by atoms with Crippen molar-refractivity contribution in [3.63, 3.8) is 0 Å². The van der Waals surface area contributed by atoms with Gasteiger partial charge in [0.2, 0.25) is 11.7 Å². The normalized spacial score (nSPS) is 18.0. The third-order valence-electron chi connectivity index (χ3n) is 5.55. The Morgan fingerprint density at radius 1 is 1.10 bits per heavy atom. The van der Waals surface area contributed by atoms with Crippen molar-refractivity contribution in [2.45, 2.75) is 19.3 Å². The average Bonchev–Trinajstić information content (AvgIpc) is 3.36. The number of ether oxygens (including phenoxy) is 1. The Labute approximate surface area is 179 Å². The van der Waals surface area contributed by atoms with Crippen LogP contribution in [0.3, 0.4) is 0 Å². The Morgan fingerprint density at radius 3 is 2.71 bits per heavy atom. The van der Waals surface area contributed by atoms with Crippen LogP contribution in [0.15, 0.2) is 72.1 Å². The van der Waals surface area contributed by atoms with Crippen molar-refractivity contribution in [2.24, 2.45) is 0 Å². The second kappa shape index (κ2) is 8.10. The van der Waals surface area contributed by atoms with Crippen LogP contribution in [0.4, 0.5) is 5.69 Å². The number of fused-ring (bicyclic) bond motifs is 1. The Balaban J connectivity index is 1.51. The van der Waals surface area contributed by atoms with Crippen molar-refractivity contribution < 1.29 is 14.3 Å². The lowest BCUT2D eigenvalue weighted by Crippen LogP contribution is -2.38. The molecule has 2 aliphatic rings. The van der Waals surface area contributed by atoms with E-state index in [1.54, 1.807) is 23.4 Å². The van der Waals surface area contributed by atoms with E-state index >= 15 is 0 Å². The molecule has 2 aromatic heterocycles. The number of likely N-dealkylation sites (tertiary alicyclic amines) is 1. The summed E-state index contributed by atoms with van der Waals surface area (Å²) in [5.41, 5.74) is 2.29. The molecule has 1 saturated heterocycles. The molecular formula is C24H22N4O3. The highest BCUT2D eigenvalue weighted by molar-refractivity contribution is 6.28. The smallest absolute Gasteiger partial charge is 0.263 e. The molecule has 7 heteroatoms. The summed E-state index contributed by atoms with van der Waals surface area (Å²) < 4.78 is 5.92. The van der Waals surface area contributed by atoms with Gasteiger partial charge in [0.1, 0.15) is 5.65 Å². The Kier molecular flexibility index (Phi) is 5.00.